The summed E-state index contributed by atoms with van der Waals surface area (Å²) in [6.07, 6.45) is 0.680. The fourth-order valence-corrected chi connectivity index (χ4v) is 2.64. The van der Waals surface area contributed by atoms with Gasteiger partial charge in [-0.2, -0.15) is 8.78 Å². The van der Waals surface area contributed by atoms with E-state index in [4.69, 9.17) is 4.74 Å². The summed E-state index contributed by atoms with van der Waals surface area (Å²) in [6.45, 7) is -1.05. The van der Waals surface area contributed by atoms with Crippen LogP contribution < -0.4 is 14.8 Å². The standard InChI is InChI=1S/C19H21F2NO3/c1-3-15(14-9-5-7-11-17(14)25-19(20)21)22-18(23)12-13-8-4-6-10-16(13)24-2/h4-11,15,19H,3,12H2,1-2H3,(H,22,23)/t15-/m0/s1. The highest BCUT2D eigenvalue weighted by atomic mass is 19.3. The summed E-state index contributed by atoms with van der Waals surface area (Å²) in [5.41, 5.74) is 1.29. The normalized spacial score (nSPS) is 11.9. The fraction of sp³-hybridized carbons (Fsp3) is 0.316. The number of nitrogens with one attached hydrogen (secondary N) is 1. The van der Waals surface area contributed by atoms with Gasteiger partial charge in [-0.25, -0.2) is 0 Å². The number of alkyl halides is 2. The molecular formula is C19H21F2NO3. The van der Waals surface area contributed by atoms with Crippen LogP contribution in [-0.4, -0.2) is 19.6 Å². The van der Waals surface area contributed by atoms with Crippen LogP contribution in [0.4, 0.5) is 8.78 Å². The molecule has 2 rings (SSSR count). The van der Waals surface area contributed by atoms with E-state index in [2.05, 4.69) is 10.1 Å². The number of carbonyl (C=O) groups is 1. The zero-order valence-corrected chi connectivity index (χ0v) is 14.2. The number of hydrogen-bond acceptors (Lipinski definition) is 3. The van der Waals surface area contributed by atoms with Crippen molar-refractivity contribution in [3.63, 3.8) is 0 Å². The quantitative estimate of drug-likeness (QED) is 0.780. The molecule has 1 amide bonds. The molecule has 0 heterocycles. The van der Waals surface area contributed by atoms with Crippen LogP contribution in [0.1, 0.15) is 30.5 Å². The summed E-state index contributed by atoms with van der Waals surface area (Å²) >= 11 is 0. The molecule has 0 fully saturated rings. The van der Waals surface area contributed by atoms with Crippen LogP contribution in [0.5, 0.6) is 11.5 Å². The lowest BCUT2D eigenvalue weighted by atomic mass is 10.0. The van der Waals surface area contributed by atoms with E-state index in [9.17, 15) is 13.6 Å². The maximum Gasteiger partial charge on any atom is 0.387 e. The highest BCUT2D eigenvalue weighted by Gasteiger charge is 2.19. The average Bonchev–Trinajstić information content (AvgIpc) is 2.60. The van der Waals surface area contributed by atoms with E-state index in [-0.39, 0.29) is 18.1 Å². The molecule has 25 heavy (non-hydrogen) atoms. The number of amides is 1. The van der Waals surface area contributed by atoms with Crippen LogP contribution in [0.25, 0.3) is 0 Å². The van der Waals surface area contributed by atoms with Gasteiger partial charge in [-0.3, -0.25) is 4.79 Å². The van der Waals surface area contributed by atoms with Gasteiger partial charge < -0.3 is 14.8 Å². The summed E-state index contributed by atoms with van der Waals surface area (Å²) in [4.78, 5) is 12.4. The lowest BCUT2D eigenvalue weighted by Crippen LogP contribution is -2.30. The number of ether oxygens (including phenoxy) is 2. The van der Waals surface area contributed by atoms with Crippen LogP contribution in [-0.2, 0) is 11.2 Å². The van der Waals surface area contributed by atoms with Crippen molar-refractivity contribution >= 4 is 5.91 Å². The Morgan fingerprint density at radius 2 is 1.72 bits per heavy atom. The highest BCUT2D eigenvalue weighted by Crippen LogP contribution is 2.28. The number of benzene rings is 2. The molecule has 0 aliphatic heterocycles. The molecule has 0 saturated heterocycles. The van der Waals surface area contributed by atoms with E-state index in [1.54, 1.807) is 31.4 Å². The van der Waals surface area contributed by atoms with Gasteiger partial charge >= 0.3 is 6.61 Å². The molecule has 2 aromatic carbocycles. The van der Waals surface area contributed by atoms with E-state index >= 15 is 0 Å². The summed E-state index contributed by atoms with van der Waals surface area (Å²) < 4.78 is 35.0. The van der Waals surface area contributed by atoms with Crippen LogP contribution >= 0.6 is 0 Å². The molecule has 0 bridgehead atoms. The number of carbonyl (C=O) groups excluding carboxylic acids is 1. The van der Waals surface area contributed by atoms with Gasteiger partial charge in [0, 0.05) is 11.1 Å². The first-order valence-electron chi connectivity index (χ1n) is 8.00. The minimum Gasteiger partial charge on any atom is -0.496 e. The van der Waals surface area contributed by atoms with Gasteiger partial charge in [0.05, 0.1) is 19.6 Å². The first-order chi connectivity index (χ1) is 12.0. The van der Waals surface area contributed by atoms with Gasteiger partial charge in [0.1, 0.15) is 11.5 Å². The van der Waals surface area contributed by atoms with Gasteiger partial charge in [-0.1, -0.05) is 43.3 Å². The molecule has 0 aromatic heterocycles. The lowest BCUT2D eigenvalue weighted by molar-refractivity contribution is -0.121. The summed E-state index contributed by atoms with van der Waals surface area (Å²) in [7, 11) is 1.55. The minimum absolute atomic E-state index is 0.0712. The highest BCUT2D eigenvalue weighted by molar-refractivity contribution is 5.79. The van der Waals surface area contributed by atoms with Crippen molar-refractivity contribution in [2.45, 2.75) is 32.4 Å². The second-order valence-electron chi connectivity index (χ2n) is 5.43. The molecular weight excluding hydrogens is 328 g/mol. The van der Waals surface area contributed by atoms with E-state index < -0.39 is 12.7 Å². The van der Waals surface area contributed by atoms with Gasteiger partial charge in [0.2, 0.25) is 5.91 Å². The number of rotatable bonds is 8. The monoisotopic (exact) mass is 349 g/mol. The second-order valence-corrected chi connectivity index (χ2v) is 5.43. The second kappa shape index (κ2) is 9.01. The summed E-state index contributed by atoms with van der Waals surface area (Å²) in [6, 6.07) is 13.3. The lowest BCUT2D eigenvalue weighted by Gasteiger charge is -2.21. The molecule has 0 radical (unpaired) electrons. The van der Waals surface area contributed by atoms with Crippen molar-refractivity contribution in [1.29, 1.82) is 0 Å². The van der Waals surface area contributed by atoms with E-state index in [0.29, 0.717) is 17.7 Å². The predicted octanol–water partition coefficient (Wildman–Crippen LogP) is 4.11. The van der Waals surface area contributed by atoms with Gasteiger partial charge in [-0.05, 0) is 18.6 Å². The Bertz CT molecular complexity index is 707. The molecule has 0 aliphatic rings. The predicted molar refractivity (Wildman–Crippen MR) is 90.9 cm³/mol. The third kappa shape index (κ3) is 5.17. The topological polar surface area (TPSA) is 47.6 Å². The molecule has 1 atom stereocenters. The van der Waals surface area contributed by atoms with E-state index in [0.717, 1.165) is 5.56 Å². The van der Waals surface area contributed by atoms with E-state index in [1.807, 2.05) is 25.1 Å². The number of hydrogen-bond donors (Lipinski definition) is 1. The fourth-order valence-electron chi connectivity index (χ4n) is 2.64. The smallest absolute Gasteiger partial charge is 0.387 e. The maximum absolute atomic E-state index is 12.6. The van der Waals surface area contributed by atoms with Gasteiger partial charge in [-0.15, -0.1) is 0 Å². The Labute approximate surface area is 145 Å². The Morgan fingerprint density at radius 3 is 2.36 bits per heavy atom. The SMILES string of the molecule is CC[C@H](NC(=O)Cc1ccccc1OC)c1ccccc1OC(F)F. The van der Waals surface area contributed by atoms with Crippen molar-refractivity contribution in [3.8, 4) is 11.5 Å². The van der Waals surface area contributed by atoms with Crippen LogP contribution in [0, 0.1) is 0 Å². The minimum atomic E-state index is -2.91. The number of methoxy groups -OCH3 is 1. The molecule has 6 heteroatoms. The van der Waals surface area contributed by atoms with Crippen LogP contribution in [0.3, 0.4) is 0 Å². The third-order valence-corrected chi connectivity index (χ3v) is 3.80. The Morgan fingerprint density at radius 1 is 1.08 bits per heavy atom. The van der Waals surface area contributed by atoms with Gasteiger partial charge in [0.25, 0.3) is 0 Å². The van der Waals surface area contributed by atoms with Crippen LogP contribution in [0.15, 0.2) is 48.5 Å². The largest absolute Gasteiger partial charge is 0.496 e. The molecule has 1 N–H and O–H groups in total. The molecule has 4 nitrogen and oxygen atoms in total. The zero-order chi connectivity index (χ0) is 18.2. The van der Waals surface area contributed by atoms with Crippen LogP contribution in [0.2, 0.25) is 0 Å². The third-order valence-electron chi connectivity index (χ3n) is 3.80. The van der Waals surface area contributed by atoms with Crippen molar-refractivity contribution in [2.24, 2.45) is 0 Å². The average molecular weight is 349 g/mol. The zero-order valence-electron chi connectivity index (χ0n) is 14.2. The molecule has 0 spiro atoms. The molecule has 134 valence electrons. The van der Waals surface area contributed by atoms with Crippen molar-refractivity contribution in [2.75, 3.05) is 7.11 Å². The van der Waals surface area contributed by atoms with E-state index in [1.165, 1.54) is 6.07 Å². The Balaban J connectivity index is 2.13. The Kier molecular flexibility index (Phi) is 6.74. The first kappa shape index (κ1) is 18.7. The Hall–Kier alpha value is -2.63. The molecule has 0 aliphatic carbocycles. The number of para-hydroxylation sites is 2. The summed E-state index contributed by atoms with van der Waals surface area (Å²) in [5.74, 6) is 0.484. The first-order valence-corrected chi connectivity index (χ1v) is 8.00. The van der Waals surface area contributed by atoms with Crippen molar-refractivity contribution in [3.05, 3.63) is 59.7 Å². The number of halogens is 2. The van der Waals surface area contributed by atoms with Gasteiger partial charge in [0.15, 0.2) is 0 Å². The van der Waals surface area contributed by atoms with Crippen molar-refractivity contribution in [1.82, 2.24) is 5.32 Å². The summed E-state index contributed by atoms with van der Waals surface area (Å²) in [5, 5.41) is 2.88. The molecule has 0 unspecified atom stereocenters. The van der Waals surface area contributed by atoms with Crippen molar-refractivity contribution < 1.29 is 23.0 Å². The molecule has 2 aromatic rings. The maximum atomic E-state index is 12.6. The molecule has 0 saturated carbocycles.